The van der Waals surface area contributed by atoms with Crippen LogP contribution >= 0.6 is 24.0 Å². The Balaban J connectivity index is 1.49. The van der Waals surface area contributed by atoms with Gasteiger partial charge in [-0.25, -0.2) is 0 Å². The second kappa shape index (κ2) is 9.76. The van der Waals surface area contributed by atoms with Crippen LogP contribution in [0.1, 0.15) is 16.7 Å². The van der Waals surface area contributed by atoms with Crippen molar-refractivity contribution in [2.24, 2.45) is 0 Å². The van der Waals surface area contributed by atoms with Crippen LogP contribution in [-0.2, 0) is 17.9 Å². The summed E-state index contributed by atoms with van der Waals surface area (Å²) < 4.78 is 6.46. The minimum atomic E-state index is -0.437. The molecule has 32 heavy (non-hydrogen) atoms. The van der Waals surface area contributed by atoms with Gasteiger partial charge in [-0.05, 0) is 35.4 Å². The van der Waals surface area contributed by atoms with Gasteiger partial charge in [-0.15, -0.1) is 0 Å². The lowest BCUT2D eigenvalue weighted by Gasteiger charge is -2.14. The predicted octanol–water partition coefficient (Wildman–Crippen LogP) is 5.58. The summed E-state index contributed by atoms with van der Waals surface area (Å²) in [7, 11) is 0. The van der Waals surface area contributed by atoms with E-state index in [1.54, 1.807) is 23.1 Å². The number of hydrogen-bond acceptors (Lipinski definition) is 6. The van der Waals surface area contributed by atoms with Crippen molar-refractivity contribution >= 4 is 46.0 Å². The molecule has 4 rings (SSSR count). The van der Waals surface area contributed by atoms with Crippen LogP contribution < -0.4 is 4.74 Å². The van der Waals surface area contributed by atoms with Gasteiger partial charge in [0.15, 0.2) is 0 Å². The quantitative estimate of drug-likeness (QED) is 0.198. The molecule has 3 aromatic carbocycles. The van der Waals surface area contributed by atoms with Crippen molar-refractivity contribution in [3.8, 4) is 5.75 Å². The van der Waals surface area contributed by atoms with Crippen molar-refractivity contribution in [3.63, 3.8) is 0 Å². The normalized spacial score (nSPS) is 14.8. The topological polar surface area (TPSA) is 72.7 Å². The number of hydrogen-bond donors (Lipinski definition) is 0. The smallest absolute Gasteiger partial charge is 0.269 e. The first-order valence-electron chi connectivity index (χ1n) is 9.76. The lowest BCUT2D eigenvalue weighted by Crippen LogP contribution is -2.27. The number of nitro benzene ring substituents is 1. The largest absolute Gasteiger partial charge is 0.488 e. The number of carbonyl (C=O) groups is 1. The highest BCUT2D eigenvalue weighted by Crippen LogP contribution is 2.35. The Labute approximate surface area is 194 Å². The summed E-state index contributed by atoms with van der Waals surface area (Å²) in [5.41, 5.74) is 2.61. The van der Waals surface area contributed by atoms with Gasteiger partial charge in [0, 0.05) is 17.7 Å². The van der Waals surface area contributed by atoms with E-state index in [1.165, 1.54) is 23.9 Å². The highest BCUT2D eigenvalue weighted by Gasteiger charge is 2.32. The number of nitro groups is 1. The number of thiocarbonyl (C=S) groups is 1. The maximum absolute atomic E-state index is 13.0. The molecule has 8 heteroatoms. The Hall–Kier alpha value is -3.49. The molecule has 1 aliphatic heterocycles. The van der Waals surface area contributed by atoms with Gasteiger partial charge in [-0.3, -0.25) is 19.8 Å². The molecule has 1 amide bonds. The van der Waals surface area contributed by atoms with Gasteiger partial charge >= 0.3 is 0 Å². The van der Waals surface area contributed by atoms with Crippen LogP contribution in [0.25, 0.3) is 6.08 Å². The number of amides is 1. The molecule has 0 unspecified atom stereocenters. The summed E-state index contributed by atoms with van der Waals surface area (Å²) >= 11 is 6.71. The maximum atomic E-state index is 13.0. The van der Waals surface area contributed by atoms with Crippen LogP contribution in [0.2, 0.25) is 0 Å². The van der Waals surface area contributed by atoms with E-state index in [0.29, 0.717) is 21.5 Å². The van der Waals surface area contributed by atoms with E-state index < -0.39 is 4.92 Å². The van der Waals surface area contributed by atoms with Gasteiger partial charge in [-0.2, -0.15) is 0 Å². The Bertz CT molecular complexity index is 1190. The van der Waals surface area contributed by atoms with E-state index in [4.69, 9.17) is 17.0 Å². The molecule has 3 aromatic rings. The van der Waals surface area contributed by atoms with E-state index in [0.717, 1.165) is 16.7 Å². The number of nitrogens with zero attached hydrogens (tertiary/aromatic N) is 2. The molecular formula is C24H18N2O4S2. The maximum Gasteiger partial charge on any atom is 0.269 e. The van der Waals surface area contributed by atoms with E-state index >= 15 is 0 Å². The van der Waals surface area contributed by atoms with Crippen molar-refractivity contribution in [3.05, 3.63) is 111 Å². The van der Waals surface area contributed by atoms with Crippen LogP contribution in [-0.4, -0.2) is 20.1 Å². The van der Waals surface area contributed by atoms with Gasteiger partial charge in [-0.1, -0.05) is 72.5 Å². The molecule has 0 atom stereocenters. The molecule has 0 bridgehead atoms. The molecule has 0 aliphatic carbocycles. The Kier molecular flexibility index (Phi) is 6.63. The summed E-state index contributed by atoms with van der Waals surface area (Å²) in [5.74, 6) is 0.480. The molecule has 0 N–H and O–H groups in total. The Morgan fingerprint density at radius 3 is 2.38 bits per heavy atom. The molecule has 1 aliphatic rings. The summed E-state index contributed by atoms with van der Waals surface area (Å²) in [6, 6.07) is 23.3. The number of thioether (sulfide) groups is 1. The molecule has 1 fully saturated rings. The van der Waals surface area contributed by atoms with Gasteiger partial charge in [0.1, 0.15) is 16.7 Å². The first kappa shape index (κ1) is 21.7. The first-order chi connectivity index (χ1) is 15.5. The fraction of sp³-hybridized carbons (Fsp3) is 0.0833. The number of carbonyl (C=O) groups excluding carboxylic acids is 1. The number of rotatable bonds is 7. The second-order valence-electron chi connectivity index (χ2n) is 7.00. The minimum absolute atomic E-state index is 0.0340. The third kappa shape index (κ3) is 5.04. The fourth-order valence-corrected chi connectivity index (χ4v) is 4.40. The summed E-state index contributed by atoms with van der Waals surface area (Å²) in [5, 5.41) is 10.8. The SMILES string of the molecule is O=C1/C(=C/c2ccccc2OCc2ccc([N+](=O)[O-])cc2)SC(=S)N1Cc1ccccc1. The van der Waals surface area contributed by atoms with Crippen LogP contribution in [0.15, 0.2) is 83.8 Å². The zero-order chi connectivity index (χ0) is 22.5. The third-order valence-corrected chi connectivity index (χ3v) is 6.18. The Morgan fingerprint density at radius 2 is 1.66 bits per heavy atom. The lowest BCUT2D eigenvalue weighted by molar-refractivity contribution is -0.384. The highest BCUT2D eigenvalue weighted by atomic mass is 32.2. The standard InChI is InChI=1S/C24H18N2O4S2/c27-23-22(32-24(31)25(23)15-17-6-2-1-3-7-17)14-19-8-4-5-9-21(19)30-16-18-10-12-20(13-11-18)26(28)29/h1-14H,15-16H2/b22-14-. The Morgan fingerprint density at radius 1 is 0.969 bits per heavy atom. The number of benzene rings is 3. The average molecular weight is 463 g/mol. The molecule has 0 radical (unpaired) electrons. The number of para-hydroxylation sites is 1. The van der Waals surface area contributed by atoms with Gasteiger partial charge in [0.05, 0.1) is 16.4 Å². The molecular weight excluding hydrogens is 444 g/mol. The van der Waals surface area contributed by atoms with E-state index in [1.807, 2.05) is 54.6 Å². The van der Waals surface area contributed by atoms with Crippen LogP contribution in [0.3, 0.4) is 0 Å². The number of non-ortho nitro benzene ring substituents is 1. The zero-order valence-corrected chi connectivity index (χ0v) is 18.5. The van der Waals surface area contributed by atoms with E-state index in [-0.39, 0.29) is 18.2 Å². The second-order valence-corrected chi connectivity index (χ2v) is 8.68. The summed E-state index contributed by atoms with van der Waals surface area (Å²) in [6.45, 7) is 0.680. The van der Waals surface area contributed by atoms with Crippen molar-refractivity contribution in [2.75, 3.05) is 0 Å². The minimum Gasteiger partial charge on any atom is -0.488 e. The molecule has 6 nitrogen and oxygen atoms in total. The predicted molar refractivity (Wildman–Crippen MR) is 129 cm³/mol. The zero-order valence-electron chi connectivity index (χ0n) is 16.8. The van der Waals surface area contributed by atoms with Gasteiger partial charge < -0.3 is 4.74 Å². The lowest BCUT2D eigenvalue weighted by atomic mass is 10.1. The van der Waals surface area contributed by atoms with Crippen molar-refractivity contribution in [1.82, 2.24) is 4.90 Å². The van der Waals surface area contributed by atoms with Crippen molar-refractivity contribution in [1.29, 1.82) is 0 Å². The van der Waals surface area contributed by atoms with Crippen molar-refractivity contribution < 1.29 is 14.5 Å². The molecule has 160 valence electrons. The van der Waals surface area contributed by atoms with Gasteiger partial charge in [0.2, 0.25) is 0 Å². The average Bonchev–Trinajstić information content (AvgIpc) is 3.07. The summed E-state index contributed by atoms with van der Waals surface area (Å²) in [4.78, 5) is 25.5. The van der Waals surface area contributed by atoms with Crippen LogP contribution in [0.4, 0.5) is 5.69 Å². The molecule has 0 aromatic heterocycles. The van der Waals surface area contributed by atoms with Crippen molar-refractivity contribution in [2.45, 2.75) is 13.2 Å². The van der Waals surface area contributed by atoms with Crippen LogP contribution in [0.5, 0.6) is 5.75 Å². The first-order valence-corrected chi connectivity index (χ1v) is 11.0. The highest BCUT2D eigenvalue weighted by molar-refractivity contribution is 8.26. The van der Waals surface area contributed by atoms with Gasteiger partial charge in [0.25, 0.3) is 11.6 Å². The number of ether oxygens (including phenoxy) is 1. The molecule has 1 heterocycles. The fourth-order valence-electron chi connectivity index (χ4n) is 3.15. The van der Waals surface area contributed by atoms with Crippen LogP contribution in [0, 0.1) is 10.1 Å². The molecule has 0 saturated carbocycles. The van der Waals surface area contributed by atoms with E-state index in [9.17, 15) is 14.9 Å². The summed E-state index contributed by atoms with van der Waals surface area (Å²) in [6.07, 6.45) is 1.79. The molecule has 1 saturated heterocycles. The monoisotopic (exact) mass is 462 g/mol. The third-order valence-electron chi connectivity index (χ3n) is 4.80. The molecule has 0 spiro atoms. The van der Waals surface area contributed by atoms with E-state index in [2.05, 4.69) is 0 Å².